The molecule has 2 heterocycles. The molecular weight excluding hydrogens is 460 g/mol. The Morgan fingerprint density at radius 3 is 1.13 bits per heavy atom. The van der Waals surface area contributed by atoms with E-state index in [1.165, 1.54) is 8.61 Å². The SMILES string of the molecule is O=S(=O)(c1ccc(-c2ccc(S(=O)(=O)N3CCSCC3)cc2)cc1)N1CCSCC1. The van der Waals surface area contributed by atoms with E-state index in [1.807, 2.05) is 0 Å². The van der Waals surface area contributed by atoms with E-state index in [2.05, 4.69) is 0 Å². The van der Waals surface area contributed by atoms with Crippen LogP contribution in [0.25, 0.3) is 11.1 Å². The highest BCUT2D eigenvalue weighted by Crippen LogP contribution is 2.27. The summed E-state index contributed by atoms with van der Waals surface area (Å²) in [5.41, 5.74) is 1.70. The van der Waals surface area contributed by atoms with Gasteiger partial charge in [0.15, 0.2) is 0 Å². The lowest BCUT2D eigenvalue weighted by Crippen LogP contribution is -2.37. The lowest BCUT2D eigenvalue weighted by molar-refractivity contribution is 0.443. The molecule has 0 spiro atoms. The van der Waals surface area contributed by atoms with Gasteiger partial charge in [-0.1, -0.05) is 24.3 Å². The van der Waals surface area contributed by atoms with Gasteiger partial charge in [-0.15, -0.1) is 0 Å². The Labute approximate surface area is 187 Å². The number of rotatable bonds is 5. The monoisotopic (exact) mass is 484 g/mol. The van der Waals surface area contributed by atoms with Gasteiger partial charge in [-0.3, -0.25) is 0 Å². The minimum Gasteiger partial charge on any atom is -0.207 e. The van der Waals surface area contributed by atoms with Crippen molar-refractivity contribution in [1.82, 2.24) is 8.61 Å². The number of hydrogen-bond donors (Lipinski definition) is 0. The van der Waals surface area contributed by atoms with Crippen LogP contribution in [0.3, 0.4) is 0 Å². The fourth-order valence-corrected chi connectivity index (χ4v) is 8.66. The van der Waals surface area contributed by atoms with Crippen molar-refractivity contribution < 1.29 is 16.8 Å². The molecular formula is C20H24N2O4S4. The van der Waals surface area contributed by atoms with E-state index in [-0.39, 0.29) is 0 Å². The lowest BCUT2D eigenvalue weighted by atomic mass is 10.1. The zero-order chi connectivity index (χ0) is 21.2. The van der Waals surface area contributed by atoms with Crippen molar-refractivity contribution in [2.24, 2.45) is 0 Å². The average molecular weight is 485 g/mol. The summed E-state index contributed by atoms with van der Waals surface area (Å²) < 4.78 is 54.2. The highest BCUT2D eigenvalue weighted by Gasteiger charge is 2.27. The molecule has 2 aromatic rings. The molecule has 2 aliphatic heterocycles. The van der Waals surface area contributed by atoms with Gasteiger partial charge in [0.2, 0.25) is 20.0 Å². The standard InChI is InChI=1S/C20H24N2O4S4/c23-29(24,21-9-13-27-14-10-21)19-5-1-17(2-6-19)18-3-7-20(8-4-18)30(25,26)22-11-15-28-16-12-22/h1-8H,9-16H2. The summed E-state index contributed by atoms with van der Waals surface area (Å²) in [5.74, 6) is 3.29. The van der Waals surface area contributed by atoms with Crippen LogP contribution in [0.4, 0.5) is 0 Å². The van der Waals surface area contributed by atoms with Crippen molar-refractivity contribution >= 4 is 43.6 Å². The van der Waals surface area contributed by atoms with Crippen molar-refractivity contribution in [3.8, 4) is 11.1 Å². The highest BCUT2D eigenvalue weighted by atomic mass is 32.2. The number of sulfonamides is 2. The van der Waals surface area contributed by atoms with E-state index in [9.17, 15) is 16.8 Å². The van der Waals surface area contributed by atoms with E-state index >= 15 is 0 Å². The van der Waals surface area contributed by atoms with Crippen LogP contribution in [0.1, 0.15) is 0 Å². The third kappa shape index (κ3) is 4.58. The molecule has 0 aliphatic carbocycles. The first-order valence-electron chi connectivity index (χ1n) is 9.75. The molecule has 0 N–H and O–H groups in total. The maximum absolute atomic E-state index is 12.8. The summed E-state index contributed by atoms with van der Waals surface area (Å²) in [5, 5.41) is 0. The van der Waals surface area contributed by atoms with Crippen molar-refractivity contribution in [2.45, 2.75) is 9.79 Å². The third-order valence-corrected chi connectivity index (χ3v) is 11.0. The van der Waals surface area contributed by atoms with E-state index in [4.69, 9.17) is 0 Å². The Hall–Kier alpha value is -1.04. The fraction of sp³-hybridized carbons (Fsp3) is 0.400. The molecule has 0 atom stereocenters. The first-order valence-corrected chi connectivity index (χ1v) is 14.9. The Kier molecular flexibility index (Phi) is 6.81. The van der Waals surface area contributed by atoms with Gasteiger partial charge in [-0.25, -0.2) is 16.8 Å². The van der Waals surface area contributed by atoms with Gasteiger partial charge in [0.25, 0.3) is 0 Å². The molecule has 0 aromatic heterocycles. The molecule has 162 valence electrons. The first-order chi connectivity index (χ1) is 14.4. The first kappa shape index (κ1) is 22.2. The summed E-state index contributed by atoms with van der Waals surface area (Å²) in [7, 11) is -6.93. The van der Waals surface area contributed by atoms with Gasteiger partial charge in [-0.2, -0.15) is 32.1 Å². The molecule has 0 radical (unpaired) electrons. The van der Waals surface area contributed by atoms with Crippen LogP contribution in [-0.4, -0.2) is 74.6 Å². The van der Waals surface area contributed by atoms with Crippen LogP contribution in [0.2, 0.25) is 0 Å². The molecule has 0 unspecified atom stereocenters. The zero-order valence-electron chi connectivity index (χ0n) is 16.4. The lowest BCUT2D eigenvalue weighted by Gasteiger charge is -2.25. The van der Waals surface area contributed by atoms with Gasteiger partial charge in [0.05, 0.1) is 9.79 Å². The molecule has 4 rings (SSSR count). The largest absolute Gasteiger partial charge is 0.243 e. The third-order valence-electron chi connectivity index (χ3n) is 5.26. The second-order valence-corrected chi connectivity index (χ2v) is 13.4. The van der Waals surface area contributed by atoms with E-state index in [1.54, 1.807) is 72.1 Å². The average Bonchev–Trinajstić information content (AvgIpc) is 2.80. The Bertz CT molecular complexity index is 983. The van der Waals surface area contributed by atoms with Crippen molar-refractivity contribution in [3.05, 3.63) is 48.5 Å². The van der Waals surface area contributed by atoms with Crippen LogP contribution >= 0.6 is 23.5 Å². The molecule has 2 aromatic carbocycles. The fourth-order valence-electron chi connectivity index (χ4n) is 3.51. The van der Waals surface area contributed by atoms with Crippen LogP contribution < -0.4 is 0 Å². The molecule has 2 fully saturated rings. The topological polar surface area (TPSA) is 74.8 Å². The molecule has 2 saturated heterocycles. The van der Waals surface area contributed by atoms with Crippen LogP contribution in [0.5, 0.6) is 0 Å². The van der Waals surface area contributed by atoms with Crippen LogP contribution in [0, 0.1) is 0 Å². The zero-order valence-corrected chi connectivity index (χ0v) is 19.7. The van der Waals surface area contributed by atoms with E-state index in [0.717, 1.165) is 34.1 Å². The second-order valence-electron chi connectivity index (χ2n) is 7.08. The van der Waals surface area contributed by atoms with Gasteiger partial charge < -0.3 is 0 Å². The quantitative estimate of drug-likeness (QED) is 0.650. The number of nitrogens with zero attached hydrogens (tertiary/aromatic N) is 2. The molecule has 30 heavy (non-hydrogen) atoms. The van der Waals surface area contributed by atoms with E-state index < -0.39 is 20.0 Å². The summed E-state index contributed by atoms with van der Waals surface area (Å²) in [6.07, 6.45) is 0. The van der Waals surface area contributed by atoms with E-state index in [0.29, 0.717) is 36.0 Å². The predicted octanol–water partition coefficient (Wildman–Crippen LogP) is 2.83. The van der Waals surface area contributed by atoms with Gasteiger partial charge >= 0.3 is 0 Å². The van der Waals surface area contributed by atoms with Gasteiger partial charge in [0.1, 0.15) is 0 Å². The summed E-state index contributed by atoms with van der Waals surface area (Å²) in [6.45, 7) is 2.17. The maximum Gasteiger partial charge on any atom is 0.243 e. The number of hydrogen-bond acceptors (Lipinski definition) is 6. The molecule has 2 aliphatic rings. The minimum atomic E-state index is -3.47. The Morgan fingerprint density at radius 1 is 0.533 bits per heavy atom. The minimum absolute atomic E-state index is 0.292. The second kappa shape index (κ2) is 9.22. The molecule has 0 bridgehead atoms. The smallest absolute Gasteiger partial charge is 0.207 e. The summed E-state index contributed by atoms with van der Waals surface area (Å²) in [6, 6.07) is 13.6. The maximum atomic E-state index is 12.8. The normalized spacial score (nSPS) is 19.6. The Balaban J connectivity index is 1.52. The molecule has 0 saturated carbocycles. The molecule has 10 heteroatoms. The summed E-state index contributed by atoms with van der Waals surface area (Å²) in [4.78, 5) is 0.584. The van der Waals surface area contributed by atoms with Crippen LogP contribution in [0.15, 0.2) is 58.3 Å². The molecule has 6 nitrogen and oxygen atoms in total. The van der Waals surface area contributed by atoms with Gasteiger partial charge in [-0.05, 0) is 35.4 Å². The number of thioether (sulfide) groups is 2. The van der Waals surface area contributed by atoms with Crippen LogP contribution in [-0.2, 0) is 20.0 Å². The number of benzene rings is 2. The highest BCUT2D eigenvalue weighted by molar-refractivity contribution is 7.99. The van der Waals surface area contributed by atoms with Crippen molar-refractivity contribution in [3.63, 3.8) is 0 Å². The van der Waals surface area contributed by atoms with Gasteiger partial charge in [0, 0.05) is 49.2 Å². The summed E-state index contributed by atoms with van der Waals surface area (Å²) >= 11 is 3.54. The predicted molar refractivity (Wildman–Crippen MR) is 124 cm³/mol. The molecule has 0 amide bonds. The van der Waals surface area contributed by atoms with Crippen molar-refractivity contribution in [2.75, 3.05) is 49.2 Å². The Morgan fingerprint density at radius 2 is 0.833 bits per heavy atom. The van der Waals surface area contributed by atoms with Crippen molar-refractivity contribution in [1.29, 1.82) is 0 Å².